The quantitative estimate of drug-likeness (QED) is 0.419. The molecule has 0 unspecified atom stereocenters. The summed E-state index contributed by atoms with van der Waals surface area (Å²) in [4.78, 5) is 13.7. The minimum atomic E-state index is -0.277. The number of carbonyl (C=O) groups is 1. The molecule has 0 aliphatic rings. The van der Waals surface area contributed by atoms with E-state index in [2.05, 4.69) is 39.8 Å². The summed E-state index contributed by atoms with van der Waals surface area (Å²) in [5.74, 6) is 0.182. The first-order valence-electron chi connectivity index (χ1n) is 9.59. The molecule has 0 aliphatic carbocycles. The Morgan fingerprint density at radius 3 is 2.17 bits per heavy atom. The predicted molar refractivity (Wildman–Crippen MR) is 119 cm³/mol. The van der Waals surface area contributed by atoms with Crippen LogP contribution in [0.15, 0.2) is 88.2 Å². The third-order valence-corrected chi connectivity index (χ3v) is 5.41. The van der Waals surface area contributed by atoms with Crippen molar-refractivity contribution in [3.05, 3.63) is 107 Å². The molecule has 1 N–H and O–H groups in total. The van der Waals surface area contributed by atoms with Gasteiger partial charge in [-0.3, -0.25) is 10.1 Å². The van der Waals surface area contributed by atoms with Gasteiger partial charge in [-0.2, -0.15) is 0 Å². The molecule has 0 radical (unpaired) electrons. The van der Waals surface area contributed by atoms with Crippen LogP contribution in [0.4, 0.5) is 6.01 Å². The SMILES string of the molecule is CSc1ccc(Cc2nnc(NC(=O)c3ccc(Cc4ccccc4)cc3)o2)cc1. The highest BCUT2D eigenvalue weighted by Gasteiger charge is 2.12. The van der Waals surface area contributed by atoms with Crippen molar-refractivity contribution in [2.24, 2.45) is 0 Å². The number of nitrogens with one attached hydrogen (secondary N) is 1. The monoisotopic (exact) mass is 415 g/mol. The van der Waals surface area contributed by atoms with Crippen molar-refractivity contribution in [3.8, 4) is 0 Å². The largest absolute Gasteiger partial charge is 0.407 e. The third-order valence-electron chi connectivity index (χ3n) is 4.67. The Hall–Kier alpha value is -3.38. The van der Waals surface area contributed by atoms with E-state index in [1.54, 1.807) is 23.9 Å². The molecule has 5 nitrogen and oxygen atoms in total. The summed E-state index contributed by atoms with van der Waals surface area (Å²) in [5, 5.41) is 10.6. The van der Waals surface area contributed by atoms with Crippen molar-refractivity contribution in [2.75, 3.05) is 11.6 Å². The van der Waals surface area contributed by atoms with Gasteiger partial charge in [0.15, 0.2) is 0 Å². The highest BCUT2D eigenvalue weighted by Crippen LogP contribution is 2.18. The molecule has 1 amide bonds. The van der Waals surface area contributed by atoms with Gasteiger partial charge in [-0.05, 0) is 53.6 Å². The summed E-state index contributed by atoms with van der Waals surface area (Å²) in [6.45, 7) is 0. The summed E-state index contributed by atoms with van der Waals surface area (Å²) >= 11 is 1.69. The minimum absolute atomic E-state index is 0.101. The molecular weight excluding hydrogens is 394 g/mol. The van der Waals surface area contributed by atoms with E-state index in [0.29, 0.717) is 17.9 Å². The normalized spacial score (nSPS) is 10.7. The maximum Gasteiger partial charge on any atom is 0.322 e. The lowest BCUT2D eigenvalue weighted by Gasteiger charge is -2.04. The van der Waals surface area contributed by atoms with E-state index in [1.807, 2.05) is 48.7 Å². The number of anilines is 1. The number of rotatable bonds is 7. The van der Waals surface area contributed by atoms with Crippen molar-refractivity contribution in [1.29, 1.82) is 0 Å². The first kappa shape index (κ1) is 19.9. The van der Waals surface area contributed by atoms with E-state index in [9.17, 15) is 4.79 Å². The number of hydrogen-bond acceptors (Lipinski definition) is 5. The lowest BCUT2D eigenvalue weighted by molar-refractivity contribution is 0.102. The summed E-state index contributed by atoms with van der Waals surface area (Å²) in [5.41, 5.74) is 3.99. The van der Waals surface area contributed by atoms with Crippen LogP contribution < -0.4 is 5.32 Å². The number of hydrogen-bond donors (Lipinski definition) is 1. The maximum atomic E-state index is 12.5. The van der Waals surface area contributed by atoms with Crippen LogP contribution in [0.1, 0.15) is 32.9 Å². The van der Waals surface area contributed by atoms with Crippen molar-refractivity contribution >= 4 is 23.7 Å². The standard InChI is InChI=1S/C24H21N3O2S/c1-30-21-13-9-19(10-14-21)16-22-26-27-24(29-22)25-23(28)20-11-7-18(8-12-20)15-17-5-3-2-4-6-17/h2-14H,15-16H2,1H3,(H,25,27,28). The molecule has 6 heteroatoms. The number of amides is 1. The van der Waals surface area contributed by atoms with Gasteiger partial charge in [-0.25, -0.2) is 0 Å². The fourth-order valence-electron chi connectivity index (χ4n) is 3.07. The van der Waals surface area contributed by atoms with Crippen molar-refractivity contribution < 1.29 is 9.21 Å². The molecule has 0 fully saturated rings. The van der Waals surface area contributed by atoms with Gasteiger partial charge in [0.2, 0.25) is 5.89 Å². The Bertz CT molecular complexity index is 1110. The molecule has 0 atom stereocenters. The van der Waals surface area contributed by atoms with Crippen LogP contribution in [0.25, 0.3) is 0 Å². The van der Waals surface area contributed by atoms with Gasteiger partial charge in [-0.1, -0.05) is 59.7 Å². The average Bonchev–Trinajstić information content (AvgIpc) is 3.22. The third kappa shape index (κ3) is 5.15. The number of thioether (sulfide) groups is 1. The Balaban J connectivity index is 1.35. The topological polar surface area (TPSA) is 68.0 Å². The average molecular weight is 416 g/mol. The lowest BCUT2D eigenvalue weighted by atomic mass is 10.0. The van der Waals surface area contributed by atoms with Crippen LogP contribution >= 0.6 is 11.8 Å². The van der Waals surface area contributed by atoms with E-state index in [0.717, 1.165) is 17.5 Å². The molecule has 0 saturated carbocycles. The van der Waals surface area contributed by atoms with Gasteiger partial charge < -0.3 is 4.42 Å². The van der Waals surface area contributed by atoms with Crippen LogP contribution in [-0.2, 0) is 12.8 Å². The smallest absolute Gasteiger partial charge is 0.322 e. The number of nitrogens with zero attached hydrogens (tertiary/aromatic N) is 2. The predicted octanol–water partition coefficient (Wildman–Crippen LogP) is 5.23. The Morgan fingerprint density at radius 1 is 0.833 bits per heavy atom. The summed E-state index contributed by atoms with van der Waals surface area (Å²) < 4.78 is 5.58. The molecule has 3 aromatic carbocycles. The molecule has 1 heterocycles. The Kier molecular flexibility index (Phi) is 6.25. The number of benzene rings is 3. The van der Waals surface area contributed by atoms with E-state index in [1.165, 1.54) is 10.5 Å². The molecule has 1 aromatic heterocycles. The van der Waals surface area contributed by atoms with Gasteiger partial charge in [0.1, 0.15) is 0 Å². The number of carbonyl (C=O) groups excluding carboxylic acids is 1. The highest BCUT2D eigenvalue weighted by atomic mass is 32.2. The maximum absolute atomic E-state index is 12.5. The van der Waals surface area contributed by atoms with Crippen LogP contribution in [0.3, 0.4) is 0 Å². The highest BCUT2D eigenvalue weighted by molar-refractivity contribution is 7.98. The van der Waals surface area contributed by atoms with Crippen LogP contribution in [-0.4, -0.2) is 22.4 Å². The fourth-order valence-corrected chi connectivity index (χ4v) is 3.48. The molecule has 30 heavy (non-hydrogen) atoms. The van der Waals surface area contributed by atoms with Crippen LogP contribution in [0.5, 0.6) is 0 Å². The zero-order chi connectivity index (χ0) is 20.8. The fraction of sp³-hybridized carbons (Fsp3) is 0.125. The second-order valence-corrected chi connectivity index (χ2v) is 7.72. The second-order valence-electron chi connectivity index (χ2n) is 6.84. The van der Waals surface area contributed by atoms with Crippen molar-refractivity contribution in [1.82, 2.24) is 10.2 Å². The molecule has 0 saturated heterocycles. The van der Waals surface area contributed by atoms with Crippen molar-refractivity contribution in [3.63, 3.8) is 0 Å². The van der Waals surface area contributed by atoms with Gasteiger partial charge >= 0.3 is 6.01 Å². The summed E-state index contributed by atoms with van der Waals surface area (Å²) in [6, 6.07) is 26.0. The van der Waals surface area contributed by atoms with Gasteiger partial charge in [0.05, 0.1) is 6.42 Å². The minimum Gasteiger partial charge on any atom is -0.407 e. The molecule has 4 aromatic rings. The zero-order valence-electron chi connectivity index (χ0n) is 16.5. The zero-order valence-corrected chi connectivity index (χ0v) is 17.4. The number of aromatic nitrogens is 2. The van der Waals surface area contributed by atoms with E-state index < -0.39 is 0 Å². The first-order valence-corrected chi connectivity index (χ1v) is 10.8. The van der Waals surface area contributed by atoms with Gasteiger partial charge in [0.25, 0.3) is 5.91 Å². The lowest BCUT2D eigenvalue weighted by Crippen LogP contribution is -2.12. The Labute approximate surface area is 179 Å². The van der Waals surface area contributed by atoms with Gasteiger partial charge in [-0.15, -0.1) is 16.9 Å². The van der Waals surface area contributed by atoms with E-state index >= 15 is 0 Å². The molecular formula is C24H21N3O2S. The van der Waals surface area contributed by atoms with Crippen LogP contribution in [0, 0.1) is 0 Å². The molecule has 0 aliphatic heterocycles. The summed E-state index contributed by atoms with van der Waals surface area (Å²) in [6.07, 6.45) is 3.39. The Morgan fingerprint density at radius 2 is 1.47 bits per heavy atom. The molecule has 0 bridgehead atoms. The second kappa shape index (κ2) is 9.41. The molecule has 150 valence electrons. The van der Waals surface area contributed by atoms with Crippen molar-refractivity contribution in [2.45, 2.75) is 17.7 Å². The summed E-state index contributed by atoms with van der Waals surface area (Å²) in [7, 11) is 0. The van der Waals surface area contributed by atoms with Crippen LogP contribution in [0.2, 0.25) is 0 Å². The van der Waals surface area contributed by atoms with E-state index in [-0.39, 0.29) is 11.9 Å². The molecule has 0 spiro atoms. The van der Waals surface area contributed by atoms with E-state index in [4.69, 9.17) is 4.42 Å². The van der Waals surface area contributed by atoms with Gasteiger partial charge in [0, 0.05) is 10.5 Å². The first-order chi connectivity index (χ1) is 14.7. The molecule has 4 rings (SSSR count).